The molecule has 0 radical (unpaired) electrons. The summed E-state index contributed by atoms with van der Waals surface area (Å²) in [6.45, 7) is 3.30. The predicted octanol–water partition coefficient (Wildman–Crippen LogP) is 0.923. The molecule has 0 rings (SSSR count). The largest absolute Gasteiger partial charge is 0.392 e. The van der Waals surface area contributed by atoms with E-state index in [0.29, 0.717) is 0 Å². The van der Waals surface area contributed by atoms with E-state index in [1.807, 2.05) is 0 Å². The van der Waals surface area contributed by atoms with Crippen LogP contribution in [0.1, 0.15) is 33.1 Å². The maximum absolute atomic E-state index is 9.20. The van der Waals surface area contributed by atoms with E-state index in [1.54, 1.807) is 0 Å². The molecule has 0 saturated carbocycles. The lowest BCUT2D eigenvalue weighted by Crippen LogP contribution is -2.26. The first kappa shape index (κ1) is 10.5. The molecule has 0 spiro atoms. The Morgan fingerprint density at radius 3 is 2.55 bits per heavy atom. The van der Waals surface area contributed by atoms with Gasteiger partial charge in [0.25, 0.3) is 0 Å². The second kappa shape index (κ2) is 5.17. The van der Waals surface area contributed by atoms with Crippen LogP contribution in [0.15, 0.2) is 0 Å². The molecule has 2 nitrogen and oxygen atoms in total. The standard InChI is InChI=1S/C9H16O2/c1-3-4-5-6-7-9(2,11)8-10/h10-11H,3-5,8H2,1-2H3. The summed E-state index contributed by atoms with van der Waals surface area (Å²) >= 11 is 0. The van der Waals surface area contributed by atoms with E-state index < -0.39 is 5.60 Å². The number of hydrogen-bond donors (Lipinski definition) is 2. The zero-order valence-electron chi connectivity index (χ0n) is 7.22. The van der Waals surface area contributed by atoms with Crippen LogP contribution < -0.4 is 0 Å². The summed E-state index contributed by atoms with van der Waals surface area (Å²) in [7, 11) is 0. The van der Waals surface area contributed by atoms with Gasteiger partial charge in [0.2, 0.25) is 0 Å². The molecular weight excluding hydrogens is 140 g/mol. The van der Waals surface area contributed by atoms with Crippen LogP contribution >= 0.6 is 0 Å². The SMILES string of the molecule is CCCCC#CC(C)(O)CO. The molecule has 0 heterocycles. The topological polar surface area (TPSA) is 40.5 Å². The summed E-state index contributed by atoms with van der Waals surface area (Å²) in [5, 5.41) is 17.8. The molecule has 11 heavy (non-hydrogen) atoms. The highest BCUT2D eigenvalue weighted by molar-refractivity contribution is 5.11. The summed E-state index contributed by atoms with van der Waals surface area (Å²) in [5.41, 5.74) is -1.21. The van der Waals surface area contributed by atoms with Crippen LogP contribution in [-0.4, -0.2) is 22.4 Å². The molecule has 0 aliphatic heterocycles. The first-order valence-electron chi connectivity index (χ1n) is 3.95. The molecule has 0 aliphatic rings. The molecule has 0 aromatic rings. The summed E-state index contributed by atoms with van der Waals surface area (Å²) < 4.78 is 0. The van der Waals surface area contributed by atoms with E-state index in [2.05, 4.69) is 18.8 Å². The molecule has 0 fully saturated rings. The smallest absolute Gasteiger partial charge is 0.145 e. The van der Waals surface area contributed by atoms with Crippen LogP contribution in [0.2, 0.25) is 0 Å². The average Bonchev–Trinajstić information content (AvgIpc) is 1.99. The van der Waals surface area contributed by atoms with Crippen molar-refractivity contribution in [1.82, 2.24) is 0 Å². The van der Waals surface area contributed by atoms with Crippen LogP contribution in [-0.2, 0) is 0 Å². The van der Waals surface area contributed by atoms with E-state index >= 15 is 0 Å². The minimum Gasteiger partial charge on any atom is -0.392 e. The minimum absolute atomic E-state index is 0.299. The molecule has 0 aliphatic carbocycles. The Morgan fingerprint density at radius 1 is 1.45 bits per heavy atom. The Hall–Kier alpha value is -0.520. The van der Waals surface area contributed by atoms with Crippen molar-refractivity contribution in [2.24, 2.45) is 0 Å². The van der Waals surface area contributed by atoms with Crippen LogP contribution in [0.3, 0.4) is 0 Å². The Morgan fingerprint density at radius 2 is 2.09 bits per heavy atom. The van der Waals surface area contributed by atoms with E-state index in [0.717, 1.165) is 19.3 Å². The summed E-state index contributed by atoms with van der Waals surface area (Å²) in [6, 6.07) is 0. The van der Waals surface area contributed by atoms with Crippen molar-refractivity contribution < 1.29 is 10.2 Å². The molecular formula is C9H16O2. The third-order valence-electron chi connectivity index (χ3n) is 1.32. The third-order valence-corrected chi connectivity index (χ3v) is 1.32. The fourth-order valence-electron chi connectivity index (χ4n) is 0.558. The molecule has 1 atom stereocenters. The van der Waals surface area contributed by atoms with Crippen molar-refractivity contribution in [3.8, 4) is 11.8 Å². The number of aliphatic hydroxyl groups is 2. The van der Waals surface area contributed by atoms with Crippen molar-refractivity contribution in [2.45, 2.75) is 38.7 Å². The number of unbranched alkanes of at least 4 members (excludes halogenated alkanes) is 2. The highest BCUT2D eigenvalue weighted by Crippen LogP contribution is 1.99. The second-order valence-corrected chi connectivity index (χ2v) is 2.84. The van der Waals surface area contributed by atoms with Crippen molar-refractivity contribution in [2.75, 3.05) is 6.61 Å². The van der Waals surface area contributed by atoms with Gasteiger partial charge in [-0.05, 0) is 13.3 Å². The lowest BCUT2D eigenvalue weighted by atomic mass is 10.1. The van der Waals surface area contributed by atoms with Crippen molar-refractivity contribution in [3.05, 3.63) is 0 Å². The van der Waals surface area contributed by atoms with Gasteiger partial charge in [-0.15, -0.1) is 5.92 Å². The normalized spacial score (nSPS) is 14.9. The van der Waals surface area contributed by atoms with Gasteiger partial charge >= 0.3 is 0 Å². The zero-order valence-corrected chi connectivity index (χ0v) is 7.22. The Bertz CT molecular complexity index is 151. The molecule has 2 N–H and O–H groups in total. The molecule has 1 unspecified atom stereocenters. The molecule has 64 valence electrons. The third kappa shape index (κ3) is 5.90. The van der Waals surface area contributed by atoms with Crippen LogP contribution in [0.4, 0.5) is 0 Å². The number of hydrogen-bond acceptors (Lipinski definition) is 2. The molecule has 0 bridgehead atoms. The highest BCUT2D eigenvalue weighted by atomic mass is 16.3. The van der Waals surface area contributed by atoms with Gasteiger partial charge in [-0.1, -0.05) is 19.3 Å². The number of rotatable bonds is 3. The van der Waals surface area contributed by atoms with E-state index in [9.17, 15) is 5.11 Å². The maximum Gasteiger partial charge on any atom is 0.145 e. The molecule has 0 aromatic heterocycles. The van der Waals surface area contributed by atoms with Gasteiger partial charge in [0.1, 0.15) is 5.60 Å². The van der Waals surface area contributed by atoms with E-state index in [-0.39, 0.29) is 6.61 Å². The first-order valence-corrected chi connectivity index (χ1v) is 3.95. The van der Waals surface area contributed by atoms with Gasteiger partial charge in [-0.3, -0.25) is 0 Å². The van der Waals surface area contributed by atoms with Gasteiger partial charge in [0.15, 0.2) is 0 Å². The Kier molecular flexibility index (Phi) is 4.93. The van der Waals surface area contributed by atoms with E-state index in [4.69, 9.17) is 5.11 Å². The van der Waals surface area contributed by atoms with Gasteiger partial charge in [-0.25, -0.2) is 0 Å². The Labute approximate surface area is 68.2 Å². The highest BCUT2D eigenvalue weighted by Gasteiger charge is 2.13. The van der Waals surface area contributed by atoms with Gasteiger partial charge in [-0.2, -0.15) is 0 Å². The van der Waals surface area contributed by atoms with Gasteiger partial charge < -0.3 is 10.2 Å². The lowest BCUT2D eigenvalue weighted by molar-refractivity contribution is 0.0518. The van der Waals surface area contributed by atoms with E-state index in [1.165, 1.54) is 6.92 Å². The number of aliphatic hydroxyl groups excluding tert-OH is 1. The molecule has 0 saturated heterocycles. The fraction of sp³-hybridized carbons (Fsp3) is 0.778. The summed E-state index contributed by atoms with van der Waals surface area (Å²) in [6.07, 6.45) is 2.96. The summed E-state index contributed by atoms with van der Waals surface area (Å²) in [4.78, 5) is 0. The van der Waals surface area contributed by atoms with Crippen molar-refractivity contribution in [3.63, 3.8) is 0 Å². The van der Waals surface area contributed by atoms with Crippen LogP contribution in [0.25, 0.3) is 0 Å². The van der Waals surface area contributed by atoms with Crippen LogP contribution in [0, 0.1) is 11.8 Å². The van der Waals surface area contributed by atoms with Crippen LogP contribution in [0.5, 0.6) is 0 Å². The summed E-state index contributed by atoms with van der Waals surface area (Å²) in [5.74, 6) is 5.42. The average molecular weight is 156 g/mol. The zero-order chi connectivity index (χ0) is 8.74. The maximum atomic E-state index is 9.20. The Balaban J connectivity index is 3.67. The van der Waals surface area contributed by atoms with Crippen molar-refractivity contribution in [1.29, 1.82) is 0 Å². The molecule has 0 amide bonds. The predicted molar refractivity (Wildman–Crippen MR) is 45.0 cm³/mol. The monoisotopic (exact) mass is 156 g/mol. The van der Waals surface area contributed by atoms with Crippen molar-refractivity contribution >= 4 is 0 Å². The second-order valence-electron chi connectivity index (χ2n) is 2.84. The molecule has 2 heteroatoms. The fourth-order valence-corrected chi connectivity index (χ4v) is 0.558. The van der Waals surface area contributed by atoms with Gasteiger partial charge in [0, 0.05) is 6.42 Å². The minimum atomic E-state index is -1.21. The molecule has 0 aromatic carbocycles. The van der Waals surface area contributed by atoms with Gasteiger partial charge in [0.05, 0.1) is 6.61 Å². The lowest BCUT2D eigenvalue weighted by Gasteiger charge is -2.10. The quantitative estimate of drug-likeness (QED) is 0.471. The first-order chi connectivity index (χ1) is 5.12.